The Hall–Kier alpha value is -1.62. The maximum Gasteiger partial charge on any atom is 0.317 e. The van der Waals surface area contributed by atoms with Gasteiger partial charge in [0, 0.05) is 13.1 Å². The first-order valence-corrected chi connectivity index (χ1v) is 8.01. The summed E-state index contributed by atoms with van der Waals surface area (Å²) in [6.07, 6.45) is 3.26. The number of urea groups is 1. The van der Waals surface area contributed by atoms with E-state index in [0.29, 0.717) is 6.54 Å². The zero-order chi connectivity index (χ0) is 13.9. The van der Waals surface area contributed by atoms with Gasteiger partial charge in [-0.1, -0.05) is 12.1 Å². The van der Waals surface area contributed by atoms with Gasteiger partial charge in [0.15, 0.2) is 0 Å². The lowest BCUT2D eigenvalue weighted by Gasteiger charge is -2.34. The number of fused-ring (bicyclic) bond motifs is 1. The van der Waals surface area contributed by atoms with Crippen LogP contribution in [0.25, 0.3) is 10.2 Å². The molecule has 106 valence electrons. The Bertz CT molecular complexity index is 577. The van der Waals surface area contributed by atoms with Crippen LogP contribution in [-0.2, 0) is 0 Å². The van der Waals surface area contributed by atoms with Crippen molar-refractivity contribution < 1.29 is 4.79 Å². The average molecular weight is 289 g/mol. The lowest BCUT2D eigenvalue weighted by atomic mass is 10.0. The second-order valence-electron chi connectivity index (χ2n) is 5.06. The number of carbonyl (C=O) groups is 1. The van der Waals surface area contributed by atoms with Crippen LogP contribution >= 0.6 is 11.3 Å². The highest BCUT2D eigenvalue weighted by Crippen LogP contribution is 2.35. The van der Waals surface area contributed by atoms with Crippen LogP contribution in [0.2, 0.25) is 0 Å². The largest absolute Gasteiger partial charge is 0.338 e. The van der Waals surface area contributed by atoms with Gasteiger partial charge in [-0.2, -0.15) is 0 Å². The third-order valence-electron chi connectivity index (χ3n) is 3.69. The molecule has 2 amide bonds. The minimum atomic E-state index is 0.0384. The highest BCUT2D eigenvalue weighted by Gasteiger charge is 2.29. The summed E-state index contributed by atoms with van der Waals surface area (Å²) in [5.74, 6) is 0. The maximum absolute atomic E-state index is 12.2. The van der Waals surface area contributed by atoms with Crippen LogP contribution < -0.4 is 5.32 Å². The molecule has 1 aliphatic rings. The van der Waals surface area contributed by atoms with E-state index in [2.05, 4.69) is 11.4 Å². The van der Waals surface area contributed by atoms with Crippen LogP contribution in [0, 0.1) is 0 Å². The first kappa shape index (κ1) is 13.4. The quantitative estimate of drug-likeness (QED) is 0.919. The second kappa shape index (κ2) is 5.79. The SMILES string of the molecule is CCNC(=O)N1CCCCC1c1nc2ccccc2s1. The summed E-state index contributed by atoms with van der Waals surface area (Å²) in [7, 11) is 0. The van der Waals surface area contributed by atoms with Gasteiger partial charge in [-0.3, -0.25) is 0 Å². The van der Waals surface area contributed by atoms with E-state index in [1.807, 2.05) is 30.0 Å². The Morgan fingerprint density at radius 1 is 1.45 bits per heavy atom. The monoisotopic (exact) mass is 289 g/mol. The van der Waals surface area contributed by atoms with E-state index in [9.17, 15) is 4.79 Å². The van der Waals surface area contributed by atoms with Crippen molar-refractivity contribution in [1.29, 1.82) is 0 Å². The molecule has 1 aliphatic heterocycles. The molecule has 0 bridgehead atoms. The lowest BCUT2D eigenvalue weighted by molar-refractivity contribution is 0.152. The predicted octanol–water partition coefficient (Wildman–Crippen LogP) is 3.55. The third-order valence-corrected chi connectivity index (χ3v) is 4.82. The van der Waals surface area contributed by atoms with Gasteiger partial charge in [0.1, 0.15) is 5.01 Å². The molecule has 1 saturated heterocycles. The fraction of sp³-hybridized carbons (Fsp3) is 0.467. The first-order valence-electron chi connectivity index (χ1n) is 7.19. The minimum Gasteiger partial charge on any atom is -0.338 e. The van der Waals surface area contributed by atoms with Crippen LogP contribution in [0.15, 0.2) is 24.3 Å². The Morgan fingerprint density at radius 3 is 3.10 bits per heavy atom. The summed E-state index contributed by atoms with van der Waals surface area (Å²) >= 11 is 1.71. The van der Waals surface area contributed by atoms with Gasteiger partial charge in [0.25, 0.3) is 0 Å². The second-order valence-corrected chi connectivity index (χ2v) is 6.12. The zero-order valence-corrected chi connectivity index (χ0v) is 12.4. The van der Waals surface area contributed by atoms with Crippen molar-refractivity contribution in [2.24, 2.45) is 0 Å². The van der Waals surface area contributed by atoms with E-state index in [1.54, 1.807) is 11.3 Å². The summed E-state index contributed by atoms with van der Waals surface area (Å²) < 4.78 is 1.20. The highest BCUT2D eigenvalue weighted by atomic mass is 32.1. The normalized spacial score (nSPS) is 19.2. The molecule has 1 fully saturated rings. The summed E-state index contributed by atoms with van der Waals surface area (Å²) in [4.78, 5) is 18.9. The molecule has 2 heterocycles. The fourth-order valence-electron chi connectivity index (χ4n) is 2.72. The number of aromatic nitrogens is 1. The van der Waals surface area contributed by atoms with Crippen LogP contribution in [0.3, 0.4) is 0 Å². The van der Waals surface area contributed by atoms with E-state index < -0.39 is 0 Å². The van der Waals surface area contributed by atoms with E-state index in [1.165, 1.54) is 4.70 Å². The third kappa shape index (κ3) is 2.50. The summed E-state index contributed by atoms with van der Waals surface area (Å²) in [5, 5.41) is 3.98. The molecule has 0 spiro atoms. The molecule has 0 radical (unpaired) electrons. The zero-order valence-electron chi connectivity index (χ0n) is 11.6. The lowest BCUT2D eigenvalue weighted by Crippen LogP contribution is -2.44. The molecule has 3 rings (SSSR count). The number of hydrogen-bond acceptors (Lipinski definition) is 3. The van der Waals surface area contributed by atoms with Crippen LogP contribution in [0.5, 0.6) is 0 Å². The molecule has 1 N–H and O–H groups in total. The number of amides is 2. The number of hydrogen-bond donors (Lipinski definition) is 1. The number of likely N-dealkylation sites (tertiary alicyclic amines) is 1. The Labute approximate surface area is 122 Å². The molecule has 1 atom stereocenters. The molecule has 5 heteroatoms. The molecule has 2 aromatic rings. The summed E-state index contributed by atoms with van der Waals surface area (Å²) in [6, 6.07) is 8.34. The van der Waals surface area contributed by atoms with Crippen molar-refractivity contribution in [3.63, 3.8) is 0 Å². The number of benzene rings is 1. The van der Waals surface area contributed by atoms with Gasteiger partial charge in [-0.25, -0.2) is 9.78 Å². The Balaban J connectivity index is 1.90. The van der Waals surface area contributed by atoms with Crippen molar-refractivity contribution in [3.05, 3.63) is 29.3 Å². The van der Waals surface area contributed by atoms with E-state index >= 15 is 0 Å². The van der Waals surface area contributed by atoms with Gasteiger partial charge in [0.2, 0.25) is 0 Å². The van der Waals surface area contributed by atoms with Gasteiger partial charge in [-0.05, 0) is 38.3 Å². The molecule has 1 aromatic carbocycles. The number of thiazole rings is 1. The predicted molar refractivity (Wildman–Crippen MR) is 82.0 cm³/mol. The number of carbonyl (C=O) groups excluding carboxylic acids is 1. The van der Waals surface area contributed by atoms with Crippen molar-refractivity contribution >= 4 is 27.6 Å². The smallest absolute Gasteiger partial charge is 0.317 e. The Kier molecular flexibility index (Phi) is 3.87. The topological polar surface area (TPSA) is 45.2 Å². The molecule has 1 unspecified atom stereocenters. The fourth-order valence-corrected chi connectivity index (χ4v) is 3.83. The van der Waals surface area contributed by atoms with Crippen molar-refractivity contribution in [1.82, 2.24) is 15.2 Å². The van der Waals surface area contributed by atoms with Crippen LogP contribution in [-0.4, -0.2) is 29.0 Å². The van der Waals surface area contributed by atoms with Gasteiger partial charge in [0.05, 0.1) is 16.3 Å². The molecular weight excluding hydrogens is 270 g/mol. The van der Waals surface area contributed by atoms with Gasteiger partial charge >= 0.3 is 6.03 Å². The van der Waals surface area contributed by atoms with E-state index in [4.69, 9.17) is 4.98 Å². The van der Waals surface area contributed by atoms with Crippen LogP contribution in [0.4, 0.5) is 4.79 Å². The number of para-hydroxylation sites is 1. The summed E-state index contributed by atoms with van der Waals surface area (Å²) in [6.45, 7) is 3.45. The number of piperidine rings is 1. The van der Waals surface area contributed by atoms with E-state index in [0.717, 1.165) is 36.3 Å². The molecule has 1 aromatic heterocycles. The maximum atomic E-state index is 12.2. The van der Waals surface area contributed by atoms with Crippen LogP contribution in [0.1, 0.15) is 37.2 Å². The van der Waals surface area contributed by atoms with Crippen molar-refractivity contribution in [2.75, 3.05) is 13.1 Å². The first-order chi connectivity index (χ1) is 9.79. The van der Waals surface area contributed by atoms with Crippen molar-refractivity contribution in [3.8, 4) is 0 Å². The Morgan fingerprint density at radius 2 is 2.30 bits per heavy atom. The molecule has 20 heavy (non-hydrogen) atoms. The number of nitrogens with one attached hydrogen (secondary N) is 1. The molecular formula is C15H19N3OS. The number of rotatable bonds is 2. The summed E-state index contributed by atoms with van der Waals surface area (Å²) in [5.41, 5.74) is 1.04. The molecule has 0 saturated carbocycles. The van der Waals surface area contributed by atoms with Gasteiger partial charge < -0.3 is 10.2 Å². The highest BCUT2D eigenvalue weighted by molar-refractivity contribution is 7.18. The average Bonchev–Trinajstić information content (AvgIpc) is 2.91. The van der Waals surface area contributed by atoms with Crippen molar-refractivity contribution in [2.45, 2.75) is 32.2 Å². The molecule has 4 nitrogen and oxygen atoms in total. The molecule has 0 aliphatic carbocycles. The van der Waals surface area contributed by atoms with E-state index in [-0.39, 0.29) is 12.1 Å². The standard InChI is InChI=1S/C15H19N3OS/c1-2-16-15(19)18-10-6-5-8-12(18)14-17-11-7-3-4-9-13(11)20-14/h3-4,7,9,12H,2,5-6,8,10H2,1H3,(H,16,19). The van der Waals surface area contributed by atoms with Gasteiger partial charge in [-0.15, -0.1) is 11.3 Å². The minimum absolute atomic E-state index is 0.0384. The number of nitrogens with zero attached hydrogens (tertiary/aromatic N) is 2.